The van der Waals surface area contributed by atoms with Crippen molar-refractivity contribution < 1.29 is 4.79 Å². The molecule has 0 saturated carbocycles. The molecule has 0 aliphatic carbocycles. The number of hydrogen-bond donors (Lipinski definition) is 2. The van der Waals surface area contributed by atoms with Crippen LogP contribution in [0.15, 0.2) is 24.3 Å². The zero-order chi connectivity index (χ0) is 12.8. The predicted octanol–water partition coefficient (Wildman–Crippen LogP) is 2.21. The van der Waals surface area contributed by atoms with Crippen LogP contribution in [0.5, 0.6) is 0 Å². The summed E-state index contributed by atoms with van der Waals surface area (Å²) in [6, 6.07) is 7.72. The first kappa shape index (κ1) is 13.4. The molecule has 0 fully saturated rings. The molecule has 1 rings (SSSR count). The monoisotopic (exact) mass is 235 g/mol. The highest BCUT2D eigenvalue weighted by atomic mass is 16.2. The van der Waals surface area contributed by atoms with Gasteiger partial charge in [0.25, 0.3) is 0 Å². The van der Waals surface area contributed by atoms with Gasteiger partial charge in [0.05, 0.1) is 0 Å². The van der Waals surface area contributed by atoms with Crippen molar-refractivity contribution in [2.75, 3.05) is 12.3 Å². The van der Waals surface area contributed by atoms with Gasteiger partial charge in [0.2, 0.25) is 0 Å². The summed E-state index contributed by atoms with van der Waals surface area (Å²) in [4.78, 5) is 13.6. The fraction of sp³-hybridized carbons (Fsp3) is 0.462. The molecule has 0 radical (unpaired) electrons. The highest BCUT2D eigenvalue weighted by Crippen LogP contribution is 2.15. The molecule has 0 spiro atoms. The Balaban J connectivity index is 2.81. The van der Waals surface area contributed by atoms with Crippen molar-refractivity contribution in [3.63, 3.8) is 0 Å². The molecule has 94 valence electrons. The van der Waals surface area contributed by atoms with Crippen molar-refractivity contribution in [1.82, 2.24) is 10.2 Å². The lowest BCUT2D eigenvalue weighted by atomic mass is 10.1. The summed E-state index contributed by atoms with van der Waals surface area (Å²) in [7, 11) is 0. The van der Waals surface area contributed by atoms with Crippen LogP contribution in [-0.2, 0) is 6.54 Å². The summed E-state index contributed by atoms with van der Waals surface area (Å²) in [6.45, 7) is 7.07. The Morgan fingerprint density at radius 3 is 2.59 bits per heavy atom. The summed E-state index contributed by atoms with van der Waals surface area (Å²) in [5, 5.41) is 2.81. The summed E-state index contributed by atoms with van der Waals surface area (Å²) in [5.74, 6) is 0. The predicted molar refractivity (Wildman–Crippen MR) is 70.6 cm³/mol. The second-order valence-corrected chi connectivity index (χ2v) is 4.26. The maximum atomic E-state index is 11.9. The minimum atomic E-state index is -0.0502. The molecule has 0 aliphatic rings. The molecule has 17 heavy (non-hydrogen) atoms. The van der Waals surface area contributed by atoms with Crippen LogP contribution in [-0.4, -0.2) is 23.5 Å². The number of rotatable bonds is 4. The fourth-order valence-corrected chi connectivity index (χ4v) is 1.60. The van der Waals surface area contributed by atoms with E-state index in [0.29, 0.717) is 13.1 Å². The zero-order valence-corrected chi connectivity index (χ0v) is 10.7. The van der Waals surface area contributed by atoms with Crippen LogP contribution in [0.25, 0.3) is 0 Å². The van der Waals surface area contributed by atoms with Gasteiger partial charge in [-0.25, -0.2) is 4.79 Å². The van der Waals surface area contributed by atoms with Gasteiger partial charge in [-0.3, -0.25) is 0 Å². The van der Waals surface area contributed by atoms with E-state index >= 15 is 0 Å². The highest BCUT2D eigenvalue weighted by Gasteiger charge is 2.17. The molecule has 1 aromatic rings. The smallest absolute Gasteiger partial charge is 0.317 e. The molecule has 4 nitrogen and oxygen atoms in total. The number of anilines is 1. The number of nitrogens with two attached hydrogens (primary N) is 1. The summed E-state index contributed by atoms with van der Waals surface area (Å²) in [5.41, 5.74) is 7.59. The van der Waals surface area contributed by atoms with Crippen LogP contribution in [0, 0.1) is 0 Å². The van der Waals surface area contributed by atoms with Gasteiger partial charge in [-0.2, -0.15) is 0 Å². The van der Waals surface area contributed by atoms with Crippen molar-refractivity contribution in [1.29, 1.82) is 0 Å². The van der Waals surface area contributed by atoms with Gasteiger partial charge < -0.3 is 16.0 Å². The maximum absolute atomic E-state index is 11.9. The lowest BCUT2D eigenvalue weighted by Crippen LogP contribution is -2.43. The average molecular weight is 235 g/mol. The number of nitrogens with one attached hydrogen (secondary N) is 1. The largest absolute Gasteiger partial charge is 0.398 e. The molecule has 0 aromatic heterocycles. The number of amides is 2. The Morgan fingerprint density at radius 1 is 1.41 bits per heavy atom. The lowest BCUT2D eigenvalue weighted by molar-refractivity contribution is 0.180. The van der Waals surface area contributed by atoms with Crippen molar-refractivity contribution >= 4 is 11.7 Å². The number of para-hydroxylation sites is 1. The normalized spacial score (nSPS) is 10.4. The molecule has 1 aromatic carbocycles. The number of nitrogens with zero attached hydrogens (tertiary/aromatic N) is 1. The van der Waals surface area contributed by atoms with E-state index in [-0.39, 0.29) is 12.1 Å². The van der Waals surface area contributed by atoms with Crippen LogP contribution in [0.1, 0.15) is 26.3 Å². The van der Waals surface area contributed by atoms with Gasteiger partial charge in [0.1, 0.15) is 0 Å². The van der Waals surface area contributed by atoms with Gasteiger partial charge in [-0.1, -0.05) is 18.2 Å². The number of carbonyl (C=O) groups is 1. The maximum Gasteiger partial charge on any atom is 0.317 e. The summed E-state index contributed by atoms with van der Waals surface area (Å²) >= 11 is 0. The molecule has 0 aliphatic heterocycles. The third-order valence-corrected chi connectivity index (χ3v) is 2.61. The van der Waals surface area contributed by atoms with Crippen LogP contribution >= 0.6 is 0 Å². The quantitative estimate of drug-likeness (QED) is 0.786. The standard InChI is InChI=1S/C13H21N3O/c1-4-15-13(17)16(10(2)3)9-11-7-5-6-8-12(11)14/h5-8,10H,4,9,14H2,1-3H3,(H,15,17). The summed E-state index contributed by atoms with van der Waals surface area (Å²) < 4.78 is 0. The number of nitrogen functional groups attached to an aromatic ring is 1. The van der Waals surface area contributed by atoms with Gasteiger partial charge in [-0.15, -0.1) is 0 Å². The van der Waals surface area contributed by atoms with Crippen molar-refractivity contribution in [3.05, 3.63) is 29.8 Å². The van der Waals surface area contributed by atoms with Crippen molar-refractivity contribution in [2.24, 2.45) is 0 Å². The second kappa shape index (κ2) is 6.13. The molecule has 4 heteroatoms. The first-order chi connectivity index (χ1) is 8.06. The molecule has 0 heterocycles. The molecule has 0 atom stereocenters. The van der Waals surface area contributed by atoms with E-state index in [4.69, 9.17) is 5.73 Å². The van der Waals surface area contributed by atoms with Crippen molar-refractivity contribution in [2.45, 2.75) is 33.4 Å². The molecule has 2 amide bonds. The Hall–Kier alpha value is -1.71. The Kier molecular flexibility index (Phi) is 4.82. The van der Waals surface area contributed by atoms with E-state index in [1.165, 1.54) is 0 Å². The third-order valence-electron chi connectivity index (χ3n) is 2.61. The third kappa shape index (κ3) is 3.66. The van der Waals surface area contributed by atoms with E-state index in [9.17, 15) is 4.79 Å². The van der Waals surface area contributed by atoms with E-state index in [1.807, 2.05) is 45.0 Å². The van der Waals surface area contributed by atoms with E-state index in [1.54, 1.807) is 4.90 Å². The number of benzene rings is 1. The molecule has 3 N–H and O–H groups in total. The molecule has 0 unspecified atom stereocenters. The van der Waals surface area contributed by atoms with E-state index in [0.717, 1.165) is 11.3 Å². The van der Waals surface area contributed by atoms with Crippen molar-refractivity contribution in [3.8, 4) is 0 Å². The molecule has 0 saturated heterocycles. The van der Waals surface area contributed by atoms with E-state index in [2.05, 4.69) is 5.32 Å². The van der Waals surface area contributed by atoms with Crippen LogP contribution < -0.4 is 11.1 Å². The Bertz CT molecular complexity index is 377. The highest BCUT2D eigenvalue weighted by molar-refractivity contribution is 5.74. The van der Waals surface area contributed by atoms with Crippen LogP contribution in [0.4, 0.5) is 10.5 Å². The summed E-state index contributed by atoms with van der Waals surface area (Å²) in [6.07, 6.45) is 0. The number of carbonyl (C=O) groups excluding carboxylic acids is 1. The fourth-order valence-electron chi connectivity index (χ4n) is 1.60. The zero-order valence-electron chi connectivity index (χ0n) is 10.7. The Morgan fingerprint density at radius 2 is 2.06 bits per heavy atom. The Labute approximate surface area is 103 Å². The van der Waals surface area contributed by atoms with Crippen LogP contribution in [0.3, 0.4) is 0 Å². The topological polar surface area (TPSA) is 58.4 Å². The molecular formula is C13H21N3O. The average Bonchev–Trinajstić information content (AvgIpc) is 2.27. The first-order valence-electron chi connectivity index (χ1n) is 5.94. The first-order valence-corrected chi connectivity index (χ1v) is 5.94. The van der Waals surface area contributed by atoms with Crippen LogP contribution in [0.2, 0.25) is 0 Å². The van der Waals surface area contributed by atoms with Gasteiger partial charge in [0, 0.05) is 24.8 Å². The van der Waals surface area contributed by atoms with Gasteiger partial charge >= 0.3 is 6.03 Å². The van der Waals surface area contributed by atoms with E-state index < -0.39 is 0 Å². The number of hydrogen-bond acceptors (Lipinski definition) is 2. The van der Waals surface area contributed by atoms with Gasteiger partial charge in [0.15, 0.2) is 0 Å². The number of urea groups is 1. The lowest BCUT2D eigenvalue weighted by Gasteiger charge is -2.27. The minimum Gasteiger partial charge on any atom is -0.398 e. The minimum absolute atomic E-state index is 0.0502. The second-order valence-electron chi connectivity index (χ2n) is 4.26. The van der Waals surface area contributed by atoms with Gasteiger partial charge in [-0.05, 0) is 32.4 Å². The SMILES string of the molecule is CCNC(=O)N(Cc1ccccc1N)C(C)C. The molecular weight excluding hydrogens is 214 g/mol. The molecule has 0 bridgehead atoms.